The number of hydrogen-bond acceptors (Lipinski definition) is 5. The van der Waals surface area contributed by atoms with Gasteiger partial charge in [-0.15, -0.1) is 0 Å². The Hall–Kier alpha value is -2.08. The third-order valence-corrected chi connectivity index (χ3v) is 3.26. The lowest BCUT2D eigenvalue weighted by molar-refractivity contribution is -0.142. The van der Waals surface area contributed by atoms with Crippen LogP contribution in [0, 0.1) is 0 Å². The van der Waals surface area contributed by atoms with Gasteiger partial charge in [0.2, 0.25) is 0 Å². The molecule has 0 spiro atoms. The summed E-state index contributed by atoms with van der Waals surface area (Å²) in [6, 6.07) is 6.50. The van der Waals surface area contributed by atoms with Crippen LogP contribution in [0.3, 0.4) is 0 Å². The summed E-state index contributed by atoms with van der Waals surface area (Å²) in [5.74, 6) is 0.0751. The molecule has 1 heterocycles. The Balaban J connectivity index is 1.93. The minimum Gasteiger partial charge on any atom is -0.481 e. The van der Waals surface area contributed by atoms with E-state index in [4.69, 9.17) is 9.47 Å². The number of carbonyl (C=O) groups is 2. The summed E-state index contributed by atoms with van der Waals surface area (Å²) in [5.41, 5.74) is 0.442. The summed E-state index contributed by atoms with van der Waals surface area (Å²) in [5, 5.41) is 0. The fourth-order valence-corrected chi connectivity index (χ4v) is 2.08. The van der Waals surface area contributed by atoms with Crippen LogP contribution in [-0.4, -0.2) is 56.3 Å². The maximum Gasteiger partial charge on any atom is 0.337 e. The summed E-state index contributed by atoms with van der Waals surface area (Å²) in [7, 11) is 1.33. The molecule has 1 saturated heterocycles. The number of hydrogen-bond donors (Lipinski definition) is 0. The van der Waals surface area contributed by atoms with Crippen molar-refractivity contribution in [3.8, 4) is 5.75 Å². The molecule has 114 valence electrons. The van der Waals surface area contributed by atoms with Crippen LogP contribution in [0.4, 0.5) is 0 Å². The van der Waals surface area contributed by atoms with Crippen molar-refractivity contribution in [2.75, 3.05) is 33.4 Å². The third-order valence-electron chi connectivity index (χ3n) is 3.26. The summed E-state index contributed by atoms with van der Waals surface area (Å²) in [6.07, 6.45) is -0.577. The molecule has 1 unspecified atom stereocenters. The molecule has 0 saturated carbocycles. The fourth-order valence-electron chi connectivity index (χ4n) is 2.08. The molecule has 0 N–H and O–H groups in total. The lowest BCUT2D eigenvalue weighted by Crippen LogP contribution is -2.46. The van der Waals surface area contributed by atoms with E-state index in [1.54, 1.807) is 36.1 Å². The van der Waals surface area contributed by atoms with Crippen molar-refractivity contribution in [2.24, 2.45) is 0 Å². The Labute approximate surface area is 123 Å². The highest BCUT2D eigenvalue weighted by Crippen LogP contribution is 2.15. The number of amides is 1. The molecule has 0 bridgehead atoms. The summed E-state index contributed by atoms with van der Waals surface area (Å²) < 4.78 is 15.5. The van der Waals surface area contributed by atoms with Crippen molar-refractivity contribution >= 4 is 11.9 Å². The van der Waals surface area contributed by atoms with Crippen molar-refractivity contribution in [3.05, 3.63) is 29.8 Å². The van der Waals surface area contributed by atoms with E-state index in [0.29, 0.717) is 37.6 Å². The van der Waals surface area contributed by atoms with E-state index in [1.807, 2.05) is 0 Å². The van der Waals surface area contributed by atoms with Crippen LogP contribution in [0.2, 0.25) is 0 Å². The Morgan fingerprint density at radius 1 is 1.19 bits per heavy atom. The first-order chi connectivity index (χ1) is 10.1. The number of carbonyl (C=O) groups excluding carboxylic acids is 2. The molecule has 1 aliphatic rings. The number of morpholine rings is 1. The SMILES string of the molecule is COC(=O)c1ccc(OC(C)C(=O)N2CCOCC2)cc1. The molecule has 0 radical (unpaired) electrons. The van der Waals surface area contributed by atoms with Gasteiger partial charge in [0.05, 0.1) is 25.9 Å². The van der Waals surface area contributed by atoms with Gasteiger partial charge in [-0.3, -0.25) is 4.79 Å². The lowest BCUT2D eigenvalue weighted by Gasteiger charge is -2.29. The van der Waals surface area contributed by atoms with E-state index in [-0.39, 0.29) is 5.91 Å². The monoisotopic (exact) mass is 293 g/mol. The quantitative estimate of drug-likeness (QED) is 0.778. The van der Waals surface area contributed by atoms with Gasteiger partial charge in [-0.25, -0.2) is 4.79 Å². The average Bonchev–Trinajstić information content (AvgIpc) is 2.55. The second kappa shape index (κ2) is 7.08. The molecular weight excluding hydrogens is 274 g/mol. The first-order valence-corrected chi connectivity index (χ1v) is 6.83. The number of esters is 1. The second-order valence-corrected chi connectivity index (χ2v) is 4.71. The average molecular weight is 293 g/mol. The van der Waals surface area contributed by atoms with Gasteiger partial charge in [-0.2, -0.15) is 0 Å². The topological polar surface area (TPSA) is 65.1 Å². The largest absolute Gasteiger partial charge is 0.481 e. The molecular formula is C15H19NO5. The van der Waals surface area contributed by atoms with Gasteiger partial charge in [0.25, 0.3) is 5.91 Å². The predicted molar refractivity (Wildman–Crippen MR) is 75.3 cm³/mol. The van der Waals surface area contributed by atoms with Crippen molar-refractivity contribution < 1.29 is 23.8 Å². The minimum absolute atomic E-state index is 0.0599. The van der Waals surface area contributed by atoms with E-state index in [9.17, 15) is 9.59 Å². The van der Waals surface area contributed by atoms with Gasteiger partial charge >= 0.3 is 5.97 Å². The van der Waals surface area contributed by atoms with Gasteiger partial charge < -0.3 is 19.1 Å². The number of ether oxygens (including phenoxy) is 3. The first kappa shape index (κ1) is 15.3. The number of methoxy groups -OCH3 is 1. The maximum atomic E-state index is 12.2. The number of benzene rings is 1. The van der Waals surface area contributed by atoms with Gasteiger partial charge in [-0.1, -0.05) is 0 Å². The lowest BCUT2D eigenvalue weighted by atomic mass is 10.2. The molecule has 0 aliphatic carbocycles. The molecule has 6 nitrogen and oxygen atoms in total. The highest BCUT2D eigenvalue weighted by atomic mass is 16.5. The predicted octanol–water partition coefficient (Wildman–Crippen LogP) is 1.10. The van der Waals surface area contributed by atoms with E-state index in [1.165, 1.54) is 7.11 Å². The van der Waals surface area contributed by atoms with Crippen LogP contribution in [0.1, 0.15) is 17.3 Å². The zero-order valence-corrected chi connectivity index (χ0v) is 12.2. The van der Waals surface area contributed by atoms with Gasteiger partial charge in [0, 0.05) is 13.1 Å². The Kier molecular flexibility index (Phi) is 5.16. The van der Waals surface area contributed by atoms with Crippen LogP contribution in [0.5, 0.6) is 5.75 Å². The highest BCUT2D eigenvalue weighted by Gasteiger charge is 2.23. The Bertz CT molecular complexity index is 493. The molecule has 1 aromatic carbocycles. The zero-order chi connectivity index (χ0) is 15.2. The molecule has 1 atom stereocenters. The summed E-state index contributed by atoms with van der Waals surface area (Å²) >= 11 is 0. The second-order valence-electron chi connectivity index (χ2n) is 4.71. The summed E-state index contributed by atoms with van der Waals surface area (Å²) in [6.45, 7) is 4.02. The fraction of sp³-hybridized carbons (Fsp3) is 0.467. The van der Waals surface area contributed by atoms with Gasteiger partial charge in [0.1, 0.15) is 5.75 Å². The molecule has 1 fully saturated rings. The molecule has 2 rings (SSSR count). The molecule has 1 amide bonds. The Morgan fingerprint density at radius 3 is 2.38 bits per heavy atom. The van der Waals surface area contributed by atoms with Crippen molar-refractivity contribution in [1.82, 2.24) is 4.90 Å². The van der Waals surface area contributed by atoms with Crippen LogP contribution in [0.25, 0.3) is 0 Å². The molecule has 21 heavy (non-hydrogen) atoms. The normalized spacial score (nSPS) is 16.2. The maximum absolute atomic E-state index is 12.2. The molecule has 6 heteroatoms. The highest BCUT2D eigenvalue weighted by molar-refractivity contribution is 5.89. The molecule has 1 aromatic rings. The minimum atomic E-state index is -0.577. The van der Waals surface area contributed by atoms with Crippen LogP contribution >= 0.6 is 0 Å². The van der Waals surface area contributed by atoms with Crippen LogP contribution < -0.4 is 4.74 Å². The van der Waals surface area contributed by atoms with E-state index < -0.39 is 12.1 Å². The van der Waals surface area contributed by atoms with E-state index in [0.717, 1.165) is 0 Å². The molecule has 1 aliphatic heterocycles. The van der Waals surface area contributed by atoms with Crippen molar-refractivity contribution in [2.45, 2.75) is 13.0 Å². The van der Waals surface area contributed by atoms with Crippen molar-refractivity contribution in [3.63, 3.8) is 0 Å². The van der Waals surface area contributed by atoms with Crippen LogP contribution in [0.15, 0.2) is 24.3 Å². The van der Waals surface area contributed by atoms with E-state index in [2.05, 4.69) is 4.74 Å². The first-order valence-electron chi connectivity index (χ1n) is 6.83. The van der Waals surface area contributed by atoms with Crippen molar-refractivity contribution in [1.29, 1.82) is 0 Å². The van der Waals surface area contributed by atoms with Crippen LogP contribution in [-0.2, 0) is 14.3 Å². The molecule has 0 aromatic heterocycles. The summed E-state index contributed by atoms with van der Waals surface area (Å²) in [4.78, 5) is 25.3. The van der Waals surface area contributed by atoms with Gasteiger partial charge in [-0.05, 0) is 31.2 Å². The standard InChI is InChI=1S/C15H19NO5/c1-11(14(17)16-7-9-20-10-8-16)21-13-5-3-12(4-6-13)15(18)19-2/h3-6,11H,7-10H2,1-2H3. The smallest absolute Gasteiger partial charge is 0.337 e. The van der Waals surface area contributed by atoms with E-state index >= 15 is 0 Å². The number of rotatable bonds is 4. The number of nitrogens with zero attached hydrogens (tertiary/aromatic N) is 1. The third kappa shape index (κ3) is 3.95. The Morgan fingerprint density at radius 2 is 1.81 bits per heavy atom. The van der Waals surface area contributed by atoms with Gasteiger partial charge in [0.15, 0.2) is 6.10 Å². The zero-order valence-electron chi connectivity index (χ0n) is 12.2.